The molecule has 1 aromatic rings. The minimum atomic E-state index is -0.764. The summed E-state index contributed by atoms with van der Waals surface area (Å²) in [6, 6.07) is 3.94. The fraction of sp³-hybridized carbons (Fsp3) is 0.333. The molecule has 0 saturated carbocycles. The normalized spacial score (nSPS) is 18.3. The van der Waals surface area contributed by atoms with E-state index in [1.54, 1.807) is 39.1 Å². The van der Waals surface area contributed by atoms with E-state index in [-0.39, 0.29) is 18.4 Å². The van der Waals surface area contributed by atoms with Crippen molar-refractivity contribution in [2.75, 3.05) is 13.7 Å². The zero-order valence-electron chi connectivity index (χ0n) is 12.5. The number of rotatable bonds is 3. The first-order valence-corrected chi connectivity index (χ1v) is 7.57. The molecule has 0 spiro atoms. The lowest BCUT2D eigenvalue weighted by atomic mass is 9.94. The van der Waals surface area contributed by atoms with Gasteiger partial charge in [0.05, 0.1) is 22.7 Å². The quantitative estimate of drug-likeness (QED) is 0.803. The van der Waals surface area contributed by atoms with Crippen molar-refractivity contribution >= 4 is 27.9 Å². The first kappa shape index (κ1) is 16.4. The Morgan fingerprint density at radius 3 is 2.82 bits per heavy atom. The molecule has 118 valence electrons. The van der Waals surface area contributed by atoms with E-state index in [1.807, 2.05) is 0 Å². The standard InChI is InChI=1S/C15H17BrN2O4/c1-4-22-14(20)11-8(2)18(3)15(21)17-12(11)9-6-5-7-10(16)13(9)19/h5-7,12,19H,4H2,1-3H3,(H,17,21)/t12-/m1/s1. The van der Waals surface area contributed by atoms with Crippen molar-refractivity contribution in [1.82, 2.24) is 10.2 Å². The highest BCUT2D eigenvalue weighted by Gasteiger charge is 2.36. The molecule has 1 heterocycles. The molecule has 2 amide bonds. The second kappa shape index (κ2) is 6.39. The summed E-state index contributed by atoms with van der Waals surface area (Å²) in [6.07, 6.45) is 0. The predicted octanol–water partition coefficient (Wildman–Crippen LogP) is 2.69. The Morgan fingerprint density at radius 2 is 2.18 bits per heavy atom. The molecule has 0 bridgehead atoms. The zero-order chi connectivity index (χ0) is 16.4. The molecule has 6 nitrogen and oxygen atoms in total. The molecule has 0 aliphatic carbocycles. The number of nitrogens with zero attached hydrogens (tertiary/aromatic N) is 1. The van der Waals surface area contributed by atoms with Gasteiger partial charge >= 0.3 is 12.0 Å². The van der Waals surface area contributed by atoms with Gasteiger partial charge in [0.1, 0.15) is 5.75 Å². The van der Waals surface area contributed by atoms with Gasteiger partial charge in [-0.05, 0) is 35.8 Å². The molecule has 2 N–H and O–H groups in total. The van der Waals surface area contributed by atoms with Crippen LogP contribution in [0.2, 0.25) is 0 Å². The van der Waals surface area contributed by atoms with Gasteiger partial charge in [-0.1, -0.05) is 12.1 Å². The molecule has 0 fully saturated rings. The number of aromatic hydroxyl groups is 1. The van der Waals surface area contributed by atoms with Gasteiger partial charge in [0.2, 0.25) is 0 Å². The maximum Gasteiger partial charge on any atom is 0.338 e. The third-order valence-corrected chi connectivity index (χ3v) is 4.22. The van der Waals surface area contributed by atoms with Gasteiger partial charge in [0, 0.05) is 18.3 Å². The SMILES string of the molecule is CCOC(=O)C1=C(C)N(C)C(=O)N[C@@H]1c1cccc(Br)c1O. The average Bonchev–Trinajstić information content (AvgIpc) is 2.47. The van der Waals surface area contributed by atoms with E-state index < -0.39 is 12.0 Å². The van der Waals surface area contributed by atoms with Crippen molar-refractivity contribution in [1.29, 1.82) is 0 Å². The second-order valence-electron chi connectivity index (χ2n) is 4.84. The van der Waals surface area contributed by atoms with Crippen molar-refractivity contribution in [3.63, 3.8) is 0 Å². The van der Waals surface area contributed by atoms with E-state index in [0.29, 0.717) is 21.3 Å². The first-order chi connectivity index (χ1) is 10.4. The van der Waals surface area contributed by atoms with Crippen LogP contribution in [0.25, 0.3) is 0 Å². The molecule has 7 heteroatoms. The molecule has 2 rings (SSSR count). The topological polar surface area (TPSA) is 78.9 Å². The largest absolute Gasteiger partial charge is 0.506 e. The molecule has 22 heavy (non-hydrogen) atoms. The number of ether oxygens (including phenoxy) is 1. The second-order valence-corrected chi connectivity index (χ2v) is 5.69. The number of hydrogen-bond donors (Lipinski definition) is 2. The highest BCUT2D eigenvalue weighted by molar-refractivity contribution is 9.10. The van der Waals surface area contributed by atoms with Crippen molar-refractivity contribution < 1.29 is 19.4 Å². The summed E-state index contributed by atoms with van der Waals surface area (Å²) in [7, 11) is 1.57. The van der Waals surface area contributed by atoms with Crippen LogP contribution in [0.4, 0.5) is 4.79 Å². The van der Waals surface area contributed by atoms with Crippen LogP contribution in [0.1, 0.15) is 25.5 Å². The van der Waals surface area contributed by atoms with Gasteiger partial charge in [-0.2, -0.15) is 0 Å². The summed E-state index contributed by atoms with van der Waals surface area (Å²) in [5.74, 6) is -0.539. The number of urea groups is 1. The maximum atomic E-state index is 12.3. The number of allylic oxidation sites excluding steroid dienone is 1. The van der Waals surface area contributed by atoms with E-state index in [0.717, 1.165) is 0 Å². The summed E-state index contributed by atoms with van der Waals surface area (Å²) in [6.45, 7) is 3.61. The molecular formula is C15H17BrN2O4. The van der Waals surface area contributed by atoms with Crippen LogP contribution < -0.4 is 5.32 Å². The highest BCUT2D eigenvalue weighted by atomic mass is 79.9. The van der Waals surface area contributed by atoms with E-state index in [2.05, 4.69) is 21.2 Å². The molecule has 0 unspecified atom stereocenters. The molecular weight excluding hydrogens is 352 g/mol. The zero-order valence-corrected chi connectivity index (χ0v) is 14.1. The Kier molecular flexibility index (Phi) is 4.75. The average molecular weight is 369 g/mol. The van der Waals surface area contributed by atoms with Crippen molar-refractivity contribution in [2.45, 2.75) is 19.9 Å². The maximum absolute atomic E-state index is 12.3. The van der Waals surface area contributed by atoms with E-state index in [4.69, 9.17) is 4.74 Å². The number of carbonyl (C=O) groups is 2. The van der Waals surface area contributed by atoms with Gasteiger partial charge in [0.15, 0.2) is 0 Å². The van der Waals surface area contributed by atoms with Crippen molar-refractivity contribution in [3.05, 3.63) is 39.5 Å². The lowest BCUT2D eigenvalue weighted by Gasteiger charge is -2.33. The molecule has 1 aliphatic rings. The van der Waals surface area contributed by atoms with Crippen LogP contribution >= 0.6 is 15.9 Å². The molecule has 1 aromatic carbocycles. The Morgan fingerprint density at radius 1 is 1.50 bits per heavy atom. The van der Waals surface area contributed by atoms with E-state index in [9.17, 15) is 14.7 Å². The monoisotopic (exact) mass is 368 g/mol. The number of halogens is 1. The van der Waals surface area contributed by atoms with Crippen LogP contribution in [0.3, 0.4) is 0 Å². The van der Waals surface area contributed by atoms with E-state index in [1.165, 1.54) is 4.90 Å². The van der Waals surface area contributed by atoms with Gasteiger partial charge in [-0.25, -0.2) is 9.59 Å². The van der Waals surface area contributed by atoms with Gasteiger partial charge in [-0.3, -0.25) is 0 Å². The van der Waals surface area contributed by atoms with Crippen molar-refractivity contribution in [3.8, 4) is 5.75 Å². The molecule has 1 atom stereocenters. The Labute approximate surface area is 136 Å². The number of para-hydroxylation sites is 1. The van der Waals surface area contributed by atoms with Crippen LogP contribution in [0.15, 0.2) is 33.9 Å². The number of nitrogens with one attached hydrogen (secondary N) is 1. The third kappa shape index (κ3) is 2.81. The smallest absolute Gasteiger partial charge is 0.338 e. The van der Waals surface area contributed by atoms with Gasteiger partial charge < -0.3 is 20.1 Å². The van der Waals surface area contributed by atoms with E-state index >= 15 is 0 Å². The van der Waals surface area contributed by atoms with Crippen LogP contribution in [-0.4, -0.2) is 35.7 Å². The number of esters is 1. The van der Waals surface area contributed by atoms with Gasteiger partial charge in [-0.15, -0.1) is 0 Å². The molecule has 1 aliphatic heterocycles. The Balaban J connectivity index is 2.58. The van der Waals surface area contributed by atoms with Crippen LogP contribution in [0.5, 0.6) is 5.75 Å². The third-order valence-electron chi connectivity index (χ3n) is 3.58. The Hall–Kier alpha value is -2.02. The number of amides is 2. The van der Waals surface area contributed by atoms with Crippen molar-refractivity contribution in [2.24, 2.45) is 0 Å². The van der Waals surface area contributed by atoms with Crippen LogP contribution in [0, 0.1) is 0 Å². The summed E-state index contributed by atoms with van der Waals surface area (Å²) in [4.78, 5) is 25.7. The first-order valence-electron chi connectivity index (χ1n) is 6.78. The fourth-order valence-corrected chi connectivity index (χ4v) is 2.69. The number of phenols is 1. The summed E-state index contributed by atoms with van der Waals surface area (Å²) < 4.78 is 5.57. The fourth-order valence-electron chi connectivity index (χ4n) is 2.31. The number of carbonyl (C=O) groups excluding carboxylic acids is 2. The minimum Gasteiger partial charge on any atom is -0.506 e. The lowest BCUT2D eigenvalue weighted by molar-refractivity contribution is -0.139. The number of benzene rings is 1. The molecule has 0 saturated heterocycles. The molecule has 0 aromatic heterocycles. The Bertz CT molecular complexity index is 657. The number of hydrogen-bond acceptors (Lipinski definition) is 4. The number of phenolic OH excluding ortho intramolecular Hbond substituents is 1. The molecule has 0 radical (unpaired) electrons. The highest BCUT2D eigenvalue weighted by Crippen LogP contribution is 2.38. The van der Waals surface area contributed by atoms with Gasteiger partial charge in [0.25, 0.3) is 0 Å². The lowest BCUT2D eigenvalue weighted by Crippen LogP contribution is -2.46. The summed E-state index contributed by atoms with van der Waals surface area (Å²) in [5.41, 5.74) is 1.22. The summed E-state index contributed by atoms with van der Waals surface area (Å²) in [5, 5.41) is 12.9. The minimum absolute atomic E-state index is 0.0213. The predicted molar refractivity (Wildman–Crippen MR) is 84.2 cm³/mol. The van der Waals surface area contributed by atoms with Crippen LogP contribution in [-0.2, 0) is 9.53 Å². The summed E-state index contributed by atoms with van der Waals surface area (Å²) >= 11 is 3.24.